The summed E-state index contributed by atoms with van der Waals surface area (Å²) in [7, 11) is 0. The summed E-state index contributed by atoms with van der Waals surface area (Å²) in [4.78, 5) is 30.6. The maximum atomic E-state index is 12.6. The second-order valence-corrected chi connectivity index (χ2v) is 6.76. The minimum absolute atomic E-state index is 0.0168. The lowest BCUT2D eigenvalue weighted by atomic mass is 10.1. The molecular formula is C18H22ClN5O3. The van der Waals surface area contributed by atoms with E-state index in [1.54, 1.807) is 28.2 Å². The van der Waals surface area contributed by atoms with Crippen LogP contribution in [0.1, 0.15) is 18.4 Å². The van der Waals surface area contributed by atoms with Gasteiger partial charge in [0.2, 0.25) is 11.8 Å². The van der Waals surface area contributed by atoms with Gasteiger partial charge < -0.3 is 15.0 Å². The van der Waals surface area contributed by atoms with Crippen LogP contribution in [0.25, 0.3) is 0 Å². The SMILES string of the molecule is O=C(C[C@H]1COCCN1C(=O)CCn1cc(Cl)cn1)NCc1ccncc1. The van der Waals surface area contributed by atoms with Gasteiger partial charge >= 0.3 is 0 Å². The van der Waals surface area contributed by atoms with Crippen molar-refractivity contribution in [1.29, 1.82) is 0 Å². The molecule has 144 valence electrons. The van der Waals surface area contributed by atoms with Gasteiger partial charge in [0.1, 0.15) is 0 Å². The first-order valence-corrected chi connectivity index (χ1v) is 9.20. The molecule has 1 aliphatic rings. The van der Waals surface area contributed by atoms with Gasteiger partial charge in [0.15, 0.2) is 0 Å². The quantitative estimate of drug-likeness (QED) is 0.767. The van der Waals surface area contributed by atoms with Crippen molar-refractivity contribution in [3.8, 4) is 0 Å². The van der Waals surface area contributed by atoms with E-state index in [-0.39, 0.29) is 24.3 Å². The highest BCUT2D eigenvalue weighted by Crippen LogP contribution is 2.13. The number of rotatable bonds is 7. The molecule has 1 N–H and O–H groups in total. The number of pyridine rings is 1. The Morgan fingerprint density at radius 2 is 2.15 bits per heavy atom. The maximum absolute atomic E-state index is 12.6. The van der Waals surface area contributed by atoms with E-state index in [0.717, 1.165) is 5.56 Å². The van der Waals surface area contributed by atoms with E-state index in [1.807, 2.05) is 12.1 Å². The second kappa shape index (κ2) is 9.48. The first-order valence-electron chi connectivity index (χ1n) is 8.82. The summed E-state index contributed by atoms with van der Waals surface area (Å²) >= 11 is 5.84. The summed E-state index contributed by atoms with van der Waals surface area (Å²) in [5.41, 5.74) is 0.976. The summed E-state index contributed by atoms with van der Waals surface area (Å²) < 4.78 is 7.11. The van der Waals surface area contributed by atoms with E-state index in [0.29, 0.717) is 44.3 Å². The molecule has 0 spiro atoms. The average Bonchev–Trinajstić information content (AvgIpc) is 3.11. The van der Waals surface area contributed by atoms with Crippen molar-refractivity contribution < 1.29 is 14.3 Å². The maximum Gasteiger partial charge on any atom is 0.224 e. The molecule has 3 rings (SSSR count). The highest BCUT2D eigenvalue weighted by atomic mass is 35.5. The van der Waals surface area contributed by atoms with E-state index in [4.69, 9.17) is 16.3 Å². The van der Waals surface area contributed by atoms with E-state index in [9.17, 15) is 9.59 Å². The molecule has 27 heavy (non-hydrogen) atoms. The predicted molar refractivity (Wildman–Crippen MR) is 98.9 cm³/mol. The fraction of sp³-hybridized carbons (Fsp3) is 0.444. The Balaban J connectivity index is 1.49. The Bertz CT molecular complexity index is 767. The van der Waals surface area contributed by atoms with Crippen molar-refractivity contribution in [2.75, 3.05) is 19.8 Å². The number of aryl methyl sites for hydroxylation is 1. The second-order valence-electron chi connectivity index (χ2n) is 6.32. The van der Waals surface area contributed by atoms with Crippen molar-refractivity contribution in [2.45, 2.75) is 32.0 Å². The zero-order chi connectivity index (χ0) is 19.1. The van der Waals surface area contributed by atoms with Crippen LogP contribution in [-0.2, 0) is 27.4 Å². The minimum Gasteiger partial charge on any atom is -0.377 e. The molecule has 1 aliphatic heterocycles. The van der Waals surface area contributed by atoms with Crippen molar-refractivity contribution in [2.24, 2.45) is 0 Å². The molecule has 2 amide bonds. The third-order valence-corrected chi connectivity index (χ3v) is 4.56. The molecule has 3 heterocycles. The zero-order valence-electron chi connectivity index (χ0n) is 14.9. The predicted octanol–water partition coefficient (Wildman–Crippen LogP) is 1.26. The molecule has 0 aliphatic carbocycles. The van der Waals surface area contributed by atoms with Crippen LogP contribution < -0.4 is 5.32 Å². The summed E-state index contributed by atoms with van der Waals surface area (Å²) in [6.07, 6.45) is 7.10. The van der Waals surface area contributed by atoms with Gasteiger partial charge in [-0.25, -0.2) is 0 Å². The third kappa shape index (κ3) is 5.77. The molecular weight excluding hydrogens is 370 g/mol. The zero-order valence-corrected chi connectivity index (χ0v) is 15.6. The van der Waals surface area contributed by atoms with E-state index in [1.165, 1.54) is 6.20 Å². The average molecular weight is 392 g/mol. The van der Waals surface area contributed by atoms with Gasteiger partial charge in [-0.3, -0.25) is 19.3 Å². The topological polar surface area (TPSA) is 89.4 Å². The number of halogens is 1. The van der Waals surface area contributed by atoms with Gasteiger partial charge in [-0.2, -0.15) is 5.10 Å². The fourth-order valence-corrected chi connectivity index (χ4v) is 3.11. The molecule has 8 nitrogen and oxygen atoms in total. The monoisotopic (exact) mass is 391 g/mol. The molecule has 1 saturated heterocycles. The van der Waals surface area contributed by atoms with Gasteiger partial charge in [0, 0.05) is 51.1 Å². The molecule has 1 fully saturated rings. The number of carbonyl (C=O) groups is 2. The van der Waals surface area contributed by atoms with Crippen LogP contribution in [0, 0.1) is 0 Å². The summed E-state index contributed by atoms with van der Waals surface area (Å²) in [5, 5.41) is 7.49. The molecule has 2 aromatic rings. The number of aromatic nitrogens is 3. The molecule has 0 aromatic carbocycles. The van der Waals surface area contributed by atoms with Crippen LogP contribution in [0.2, 0.25) is 5.02 Å². The number of amides is 2. The largest absolute Gasteiger partial charge is 0.377 e. The van der Waals surface area contributed by atoms with E-state index in [2.05, 4.69) is 15.4 Å². The summed E-state index contributed by atoms with van der Waals surface area (Å²) in [5.74, 6) is -0.129. The summed E-state index contributed by atoms with van der Waals surface area (Å²) in [6.45, 7) is 2.21. The molecule has 0 radical (unpaired) electrons. The minimum atomic E-state index is -0.259. The molecule has 0 unspecified atom stereocenters. The number of hydrogen-bond acceptors (Lipinski definition) is 5. The van der Waals surface area contributed by atoms with Gasteiger partial charge in [-0.05, 0) is 17.7 Å². The van der Waals surface area contributed by atoms with Crippen LogP contribution in [0.3, 0.4) is 0 Å². The fourth-order valence-electron chi connectivity index (χ4n) is 2.95. The van der Waals surface area contributed by atoms with Gasteiger partial charge in [-0.1, -0.05) is 11.6 Å². The first kappa shape index (κ1) is 19.3. The first-order chi connectivity index (χ1) is 13.1. The Labute approximate surface area is 162 Å². The van der Waals surface area contributed by atoms with Gasteiger partial charge in [0.05, 0.1) is 30.5 Å². The van der Waals surface area contributed by atoms with Crippen molar-refractivity contribution in [3.63, 3.8) is 0 Å². The molecule has 2 aromatic heterocycles. The summed E-state index contributed by atoms with van der Waals surface area (Å²) in [6, 6.07) is 3.44. The van der Waals surface area contributed by atoms with Crippen LogP contribution in [0.15, 0.2) is 36.9 Å². The Morgan fingerprint density at radius 1 is 1.33 bits per heavy atom. The van der Waals surface area contributed by atoms with E-state index < -0.39 is 0 Å². The van der Waals surface area contributed by atoms with Gasteiger partial charge in [-0.15, -0.1) is 0 Å². The van der Waals surface area contributed by atoms with Crippen LogP contribution >= 0.6 is 11.6 Å². The number of nitrogens with zero attached hydrogens (tertiary/aromatic N) is 4. The third-order valence-electron chi connectivity index (χ3n) is 4.36. The normalized spacial score (nSPS) is 16.9. The number of nitrogens with one attached hydrogen (secondary N) is 1. The van der Waals surface area contributed by atoms with Crippen molar-refractivity contribution >= 4 is 23.4 Å². The Kier molecular flexibility index (Phi) is 6.78. The Morgan fingerprint density at radius 3 is 2.89 bits per heavy atom. The van der Waals surface area contributed by atoms with Crippen LogP contribution in [-0.4, -0.2) is 57.3 Å². The smallest absolute Gasteiger partial charge is 0.224 e. The standard InChI is InChI=1S/C18H22ClN5O3/c19-15-11-22-23(12-15)6-3-18(26)24-7-8-27-13-16(24)9-17(25)21-10-14-1-4-20-5-2-14/h1-2,4-5,11-12,16H,3,6-10,13H2,(H,21,25)/t16-/m0/s1. The molecule has 9 heteroatoms. The number of morpholine rings is 1. The number of hydrogen-bond donors (Lipinski definition) is 1. The lowest BCUT2D eigenvalue weighted by Gasteiger charge is -2.35. The van der Waals surface area contributed by atoms with Crippen LogP contribution in [0.5, 0.6) is 0 Å². The van der Waals surface area contributed by atoms with Crippen molar-refractivity contribution in [1.82, 2.24) is 25.0 Å². The highest BCUT2D eigenvalue weighted by Gasteiger charge is 2.28. The highest BCUT2D eigenvalue weighted by molar-refractivity contribution is 6.30. The Hall–Kier alpha value is -2.45. The molecule has 0 bridgehead atoms. The lowest BCUT2D eigenvalue weighted by Crippen LogP contribution is -2.50. The van der Waals surface area contributed by atoms with E-state index >= 15 is 0 Å². The van der Waals surface area contributed by atoms with Crippen LogP contribution in [0.4, 0.5) is 0 Å². The van der Waals surface area contributed by atoms with Gasteiger partial charge in [0.25, 0.3) is 0 Å². The molecule has 0 saturated carbocycles. The number of ether oxygens (including phenoxy) is 1. The number of carbonyl (C=O) groups excluding carboxylic acids is 2. The van der Waals surface area contributed by atoms with Crippen molar-refractivity contribution in [3.05, 3.63) is 47.5 Å². The molecule has 1 atom stereocenters. The lowest BCUT2D eigenvalue weighted by molar-refractivity contribution is -0.142.